The van der Waals surface area contributed by atoms with Gasteiger partial charge in [0.25, 0.3) is 5.95 Å². The van der Waals surface area contributed by atoms with E-state index in [4.69, 9.17) is 4.52 Å². The molecule has 88 valence electrons. The summed E-state index contributed by atoms with van der Waals surface area (Å²) in [7, 11) is 0. The van der Waals surface area contributed by atoms with E-state index in [1.807, 2.05) is 13.8 Å². The zero-order valence-corrected chi connectivity index (χ0v) is 9.77. The minimum atomic E-state index is -0.283. The van der Waals surface area contributed by atoms with Crippen molar-refractivity contribution in [1.82, 2.24) is 10.1 Å². The molecule has 1 saturated heterocycles. The summed E-state index contributed by atoms with van der Waals surface area (Å²) in [5.74, 6) is 0.919. The first-order chi connectivity index (χ1) is 7.72. The Hall–Kier alpha value is -1.39. The van der Waals surface area contributed by atoms with Gasteiger partial charge in [0, 0.05) is 19.5 Å². The molecule has 1 fully saturated rings. The Labute approximate surface area is 94.8 Å². The van der Waals surface area contributed by atoms with Crippen LogP contribution in [0.2, 0.25) is 0 Å². The Balaban J connectivity index is 2.09. The summed E-state index contributed by atoms with van der Waals surface area (Å²) in [5, 5.41) is 3.92. The number of Topliss-reactive ketones (excluding diaryl/α,β-unsaturated/α-hetero) is 1. The fraction of sp³-hybridized carbons (Fsp3) is 0.727. The lowest BCUT2D eigenvalue weighted by atomic mass is 10.1. The van der Waals surface area contributed by atoms with Crippen molar-refractivity contribution in [3.05, 3.63) is 5.89 Å². The van der Waals surface area contributed by atoms with E-state index in [1.54, 1.807) is 0 Å². The molecule has 0 amide bonds. The summed E-state index contributed by atoms with van der Waals surface area (Å²) in [6.07, 6.45) is 2.85. The Bertz CT molecular complexity index is 369. The standard InChI is InChI=1S/C11H17N3O2/c1-3-9(15)8(2)10-12-11(13-16-10)14-6-4-5-7-14/h8H,3-7H2,1-2H3. The number of hydrogen-bond donors (Lipinski definition) is 0. The predicted molar refractivity (Wildman–Crippen MR) is 59.5 cm³/mol. The third kappa shape index (κ3) is 2.08. The van der Waals surface area contributed by atoms with Gasteiger partial charge in [0.2, 0.25) is 5.89 Å². The van der Waals surface area contributed by atoms with E-state index in [1.165, 1.54) is 12.8 Å². The molecule has 2 heterocycles. The van der Waals surface area contributed by atoms with E-state index in [9.17, 15) is 4.79 Å². The molecule has 0 saturated carbocycles. The van der Waals surface area contributed by atoms with Crippen LogP contribution in [0.15, 0.2) is 4.52 Å². The molecule has 0 aromatic carbocycles. The third-order valence-electron chi connectivity index (χ3n) is 3.02. The Morgan fingerprint density at radius 1 is 1.50 bits per heavy atom. The van der Waals surface area contributed by atoms with E-state index in [0.29, 0.717) is 18.3 Å². The van der Waals surface area contributed by atoms with E-state index in [2.05, 4.69) is 15.0 Å². The lowest BCUT2D eigenvalue weighted by Crippen LogP contribution is -2.19. The molecule has 0 N–H and O–H groups in total. The average molecular weight is 223 g/mol. The lowest BCUT2D eigenvalue weighted by molar-refractivity contribution is -0.120. The molecule has 0 bridgehead atoms. The van der Waals surface area contributed by atoms with Gasteiger partial charge in [-0.2, -0.15) is 4.98 Å². The molecule has 1 aromatic rings. The highest BCUT2D eigenvalue weighted by atomic mass is 16.5. The molecule has 1 aliphatic rings. The quantitative estimate of drug-likeness (QED) is 0.778. The number of carbonyl (C=O) groups is 1. The highest BCUT2D eigenvalue weighted by Gasteiger charge is 2.23. The Morgan fingerprint density at radius 2 is 2.19 bits per heavy atom. The maximum atomic E-state index is 11.5. The van der Waals surface area contributed by atoms with Crippen LogP contribution >= 0.6 is 0 Å². The molecule has 1 atom stereocenters. The topological polar surface area (TPSA) is 59.2 Å². The molecule has 5 nitrogen and oxygen atoms in total. The van der Waals surface area contributed by atoms with E-state index >= 15 is 0 Å². The number of aromatic nitrogens is 2. The maximum absolute atomic E-state index is 11.5. The van der Waals surface area contributed by atoms with Gasteiger partial charge in [0.1, 0.15) is 5.78 Å². The minimum Gasteiger partial charge on any atom is -0.338 e. The van der Waals surface area contributed by atoms with Crippen LogP contribution in [0, 0.1) is 0 Å². The van der Waals surface area contributed by atoms with Gasteiger partial charge in [-0.05, 0) is 24.9 Å². The van der Waals surface area contributed by atoms with E-state index in [-0.39, 0.29) is 11.7 Å². The van der Waals surface area contributed by atoms with Gasteiger partial charge in [-0.3, -0.25) is 4.79 Å². The SMILES string of the molecule is CCC(=O)C(C)c1nc(N2CCCC2)no1. The van der Waals surface area contributed by atoms with Gasteiger partial charge in [-0.25, -0.2) is 0 Å². The van der Waals surface area contributed by atoms with Crippen LogP contribution in [0.4, 0.5) is 5.95 Å². The molecule has 1 aliphatic heterocycles. The molecule has 0 spiro atoms. The van der Waals surface area contributed by atoms with Crippen LogP contribution in [0.3, 0.4) is 0 Å². The lowest BCUT2D eigenvalue weighted by Gasteiger charge is -2.09. The summed E-state index contributed by atoms with van der Waals surface area (Å²) >= 11 is 0. The van der Waals surface area contributed by atoms with Crippen molar-refractivity contribution in [2.24, 2.45) is 0 Å². The normalized spacial score (nSPS) is 17.8. The van der Waals surface area contributed by atoms with E-state index in [0.717, 1.165) is 13.1 Å². The van der Waals surface area contributed by atoms with Crippen LogP contribution in [0.25, 0.3) is 0 Å². The largest absolute Gasteiger partial charge is 0.338 e. The van der Waals surface area contributed by atoms with Gasteiger partial charge >= 0.3 is 0 Å². The third-order valence-corrected chi connectivity index (χ3v) is 3.02. The van der Waals surface area contributed by atoms with E-state index < -0.39 is 0 Å². The number of anilines is 1. The summed E-state index contributed by atoms with van der Waals surface area (Å²) < 4.78 is 5.14. The summed E-state index contributed by atoms with van der Waals surface area (Å²) in [5.41, 5.74) is 0. The van der Waals surface area contributed by atoms with Gasteiger partial charge in [-0.15, -0.1) is 0 Å². The number of ketones is 1. The molecule has 1 unspecified atom stereocenters. The zero-order chi connectivity index (χ0) is 11.5. The van der Waals surface area contributed by atoms with Gasteiger partial charge in [0.15, 0.2) is 0 Å². The van der Waals surface area contributed by atoms with Crippen molar-refractivity contribution in [3.8, 4) is 0 Å². The zero-order valence-electron chi connectivity index (χ0n) is 9.77. The van der Waals surface area contributed by atoms with Crippen molar-refractivity contribution in [2.75, 3.05) is 18.0 Å². The summed E-state index contributed by atoms with van der Waals surface area (Å²) in [6.45, 7) is 5.62. The van der Waals surface area contributed by atoms with Gasteiger partial charge < -0.3 is 9.42 Å². The van der Waals surface area contributed by atoms with Crippen LogP contribution in [0.5, 0.6) is 0 Å². The molecule has 1 aromatic heterocycles. The predicted octanol–water partition coefficient (Wildman–Crippen LogP) is 1.75. The summed E-state index contributed by atoms with van der Waals surface area (Å²) in [4.78, 5) is 17.9. The maximum Gasteiger partial charge on any atom is 0.266 e. The van der Waals surface area contributed by atoms with Crippen molar-refractivity contribution >= 4 is 11.7 Å². The average Bonchev–Trinajstić information content (AvgIpc) is 2.96. The van der Waals surface area contributed by atoms with Crippen LogP contribution in [-0.2, 0) is 4.79 Å². The van der Waals surface area contributed by atoms with Gasteiger partial charge in [0.05, 0.1) is 5.92 Å². The highest BCUT2D eigenvalue weighted by molar-refractivity contribution is 5.84. The number of rotatable bonds is 4. The first-order valence-electron chi connectivity index (χ1n) is 5.83. The number of nitrogens with zero attached hydrogens (tertiary/aromatic N) is 3. The highest BCUT2D eigenvalue weighted by Crippen LogP contribution is 2.21. The van der Waals surface area contributed by atoms with Crippen molar-refractivity contribution in [1.29, 1.82) is 0 Å². The summed E-state index contributed by atoms with van der Waals surface area (Å²) in [6, 6.07) is 0. The Kier molecular flexibility index (Phi) is 3.22. The first-order valence-corrected chi connectivity index (χ1v) is 5.83. The van der Waals surface area contributed by atoms with Crippen molar-refractivity contribution in [2.45, 2.75) is 39.0 Å². The van der Waals surface area contributed by atoms with Gasteiger partial charge in [-0.1, -0.05) is 6.92 Å². The number of carbonyl (C=O) groups excluding carboxylic acids is 1. The molecule has 5 heteroatoms. The first kappa shape index (κ1) is 11.1. The monoisotopic (exact) mass is 223 g/mol. The van der Waals surface area contributed by atoms with Crippen LogP contribution in [-0.4, -0.2) is 29.0 Å². The van der Waals surface area contributed by atoms with Crippen LogP contribution < -0.4 is 4.90 Å². The smallest absolute Gasteiger partial charge is 0.266 e. The fourth-order valence-electron chi connectivity index (χ4n) is 1.89. The molecular formula is C11H17N3O2. The van der Waals surface area contributed by atoms with Crippen molar-refractivity contribution < 1.29 is 9.32 Å². The van der Waals surface area contributed by atoms with Crippen LogP contribution in [0.1, 0.15) is 44.9 Å². The van der Waals surface area contributed by atoms with Crippen molar-refractivity contribution in [3.63, 3.8) is 0 Å². The molecule has 0 radical (unpaired) electrons. The second-order valence-electron chi connectivity index (χ2n) is 4.17. The number of hydrogen-bond acceptors (Lipinski definition) is 5. The molecule has 0 aliphatic carbocycles. The minimum absolute atomic E-state index is 0.136. The molecule has 2 rings (SSSR count). The fourth-order valence-corrected chi connectivity index (χ4v) is 1.89. The second kappa shape index (κ2) is 4.63. The Morgan fingerprint density at radius 3 is 2.81 bits per heavy atom. The molecule has 16 heavy (non-hydrogen) atoms. The second-order valence-corrected chi connectivity index (χ2v) is 4.17. The molecular weight excluding hydrogens is 206 g/mol.